The molecule has 0 aliphatic heterocycles. The van der Waals surface area contributed by atoms with E-state index in [1.165, 1.54) is 12.5 Å². The molecule has 3 aromatic rings. The van der Waals surface area contributed by atoms with Crippen LogP contribution in [-0.2, 0) is 10.0 Å². The maximum Gasteiger partial charge on any atom is 0.262 e. The van der Waals surface area contributed by atoms with Crippen molar-refractivity contribution in [2.24, 2.45) is 0 Å². The van der Waals surface area contributed by atoms with E-state index in [0.29, 0.717) is 22.5 Å². The molecular weight excluding hydrogens is 486 g/mol. The van der Waals surface area contributed by atoms with Crippen molar-refractivity contribution < 1.29 is 18.0 Å². The second-order valence-electron chi connectivity index (χ2n) is 9.77. The quantitative estimate of drug-likeness (QED) is 0.371. The molecule has 3 N–H and O–H groups in total. The molecular formula is C29H33N3O4S. The summed E-state index contributed by atoms with van der Waals surface area (Å²) < 4.78 is 29.1. The molecule has 0 unspecified atom stereocenters. The molecule has 1 aliphatic carbocycles. The number of aryl methyl sites for hydroxylation is 3. The highest BCUT2D eigenvalue weighted by atomic mass is 32.2. The van der Waals surface area contributed by atoms with Crippen LogP contribution >= 0.6 is 0 Å². The molecule has 4 rings (SSSR count). The summed E-state index contributed by atoms with van der Waals surface area (Å²) >= 11 is 0. The number of carbonyl (C=O) groups excluding carboxylic acids is 2. The van der Waals surface area contributed by atoms with Gasteiger partial charge in [0.05, 0.1) is 16.1 Å². The van der Waals surface area contributed by atoms with Crippen molar-refractivity contribution in [1.29, 1.82) is 0 Å². The molecule has 0 aromatic heterocycles. The van der Waals surface area contributed by atoms with E-state index in [1.54, 1.807) is 55.5 Å². The Morgan fingerprint density at radius 2 is 1.49 bits per heavy atom. The largest absolute Gasteiger partial charge is 0.349 e. The maximum absolute atomic E-state index is 13.2. The molecule has 0 atom stereocenters. The van der Waals surface area contributed by atoms with Gasteiger partial charge >= 0.3 is 0 Å². The van der Waals surface area contributed by atoms with Gasteiger partial charge in [-0.1, -0.05) is 43.5 Å². The Kier molecular flexibility index (Phi) is 7.97. The first-order chi connectivity index (χ1) is 17.6. The number of hydrogen-bond donors (Lipinski definition) is 3. The lowest BCUT2D eigenvalue weighted by molar-refractivity contribution is 0.0928. The number of para-hydroxylation sites is 1. The molecule has 0 radical (unpaired) electrons. The highest BCUT2D eigenvalue weighted by Gasteiger charge is 2.22. The second-order valence-corrected chi connectivity index (χ2v) is 11.4. The Balaban J connectivity index is 1.55. The molecule has 1 aliphatic rings. The zero-order valence-electron chi connectivity index (χ0n) is 21.4. The van der Waals surface area contributed by atoms with Gasteiger partial charge in [-0.25, -0.2) is 8.42 Å². The number of carbonyl (C=O) groups is 2. The average Bonchev–Trinajstić information content (AvgIpc) is 2.84. The van der Waals surface area contributed by atoms with Crippen LogP contribution in [0.4, 0.5) is 11.4 Å². The summed E-state index contributed by atoms with van der Waals surface area (Å²) in [6.07, 6.45) is 5.29. The fraction of sp³-hybridized carbons (Fsp3) is 0.310. The Labute approximate surface area is 218 Å². The molecule has 0 spiro atoms. The van der Waals surface area contributed by atoms with Gasteiger partial charge in [0.2, 0.25) is 0 Å². The highest BCUT2D eigenvalue weighted by Crippen LogP contribution is 2.24. The lowest BCUT2D eigenvalue weighted by Crippen LogP contribution is -2.36. The summed E-state index contributed by atoms with van der Waals surface area (Å²) in [5.41, 5.74) is 3.78. The Morgan fingerprint density at radius 3 is 2.19 bits per heavy atom. The minimum atomic E-state index is -3.94. The molecule has 1 saturated carbocycles. The predicted molar refractivity (Wildman–Crippen MR) is 147 cm³/mol. The first-order valence-corrected chi connectivity index (χ1v) is 14.0. The van der Waals surface area contributed by atoms with Crippen LogP contribution in [0.5, 0.6) is 0 Å². The van der Waals surface area contributed by atoms with Crippen molar-refractivity contribution in [3.05, 3.63) is 88.5 Å². The van der Waals surface area contributed by atoms with Crippen LogP contribution in [0.3, 0.4) is 0 Å². The number of nitrogens with one attached hydrogen (secondary N) is 3. The van der Waals surface area contributed by atoms with Gasteiger partial charge in [0.15, 0.2) is 0 Å². The number of benzene rings is 3. The summed E-state index contributed by atoms with van der Waals surface area (Å²) in [5, 5.41) is 5.87. The number of sulfonamides is 1. The van der Waals surface area contributed by atoms with Crippen molar-refractivity contribution >= 4 is 33.2 Å². The normalized spacial score (nSPS) is 14.1. The zero-order chi connectivity index (χ0) is 26.6. The Morgan fingerprint density at radius 1 is 0.811 bits per heavy atom. The summed E-state index contributed by atoms with van der Waals surface area (Å²) in [6.45, 7) is 5.48. The molecule has 2 amide bonds. The molecule has 37 heavy (non-hydrogen) atoms. The summed E-state index contributed by atoms with van der Waals surface area (Å²) in [5.74, 6) is -0.728. The van der Waals surface area contributed by atoms with Gasteiger partial charge in [-0.3, -0.25) is 14.3 Å². The number of rotatable bonds is 7. The van der Waals surface area contributed by atoms with Crippen molar-refractivity contribution in [2.45, 2.75) is 63.8 Å². The third kappa shape index (κ3) is 6.57. The first-order valence-electron chi connectivity index (χ1n) is 12.6. The van der Waals surface area contributed by atoms with E-state index in [-0.39, 0.29) is 22.4 Å². The molecule has 8 heteroatoms. The SMILES string of the molecule is Cc1cc(C)cc(NS(=O)(=O)c2cc(C(=O)Nc3ccccc3C(=O)NC3CCCCC3)ccc2C)c1. The van der Waals surface area contributed by atoms with Crippen molar-refractivity contribution in [3.8, 4) is 0 Å². The van der Waals surface area contributed by atoms with Gasteiger partial charge in [0.25, 0.3) is 21.8 Å². The van der Waals surface area contributed by atoms with Crippen LogP contribution < -0.4 is 15.4 Å². The summed E-state index contributed by atoms with van der Waals surface area (Å²) in [6, 6.07) is 17.0. The van der Waals surface area contributed by atoms with Gasteiger partial charge in [0, 0.05) is 17.3 Å². The molecule has 0 heterocycles. The van der Waals surface area contributed by atoms with E-state index in [1.807, 2.05) is 19.9 Å². The van der Waals surface area contributed by atoms with Gasteiger partial charge < -0.3 is 10.6 Å². The monoisotopic (exact) mass is 519 g/mol. The van der Waals surface area contributed by atoms with Crippen LogP contribution in [0, 0.1) is 20.8 Å². The van der Waals surface area contributed by atoms with Crippen molar-refractivity contribution in [3.63, 3.8) is 0 Å². The maximum atomic E-state index is 13.2. The van der Waals surface area contributed by atoms with E-state index in [9.17, 15) is 18.0 Å². The van der Waals surface area contributed by atoms with Gasteiger partial charge in [-0.2, -0.15) is 0 Å². The van der Waals surface area contributed by atoms with E-state index in [2.05, 4.69) is 15.4 Å². The van der Waals surface area contributed by atoms with E-state index in [0.717, 1.165) is 36.8 Å². The molecule has 0 bridgehead atoms. The Bertz CT molecular complexity index is 1410. The van der Waals surface area contributed by atoms with Crippen LogP contribution in [0.1, 0.15) is 69.5 Å². The number of hydrogen-bond acceptors (Lipinski definition) is 4. The number of amides is 2. The molecule has 194 valence electrons. The van der Waals surface area contributed by atoms with Crippen LogP contribution in [0.25, 0.3) is 0 Å². The van der Waals surface area contributed by atoms with Gasteiger partial charge in [-0.05, 0) is 86.7 Å². The average molecular weight is 520 g/mol. The Hall–Kier alpha value is -3.65. The van der Waals surface area contributed by atoms with Gasteiger partial charge in [0.1, 0.15) is 0 Å². The topological polar surface area (TPSA) is 104 Å². The highest BCUT2D eigenvalue weighted by molar-refractivity contribution is 7.92. The van der Waals surface area contributed by atoms with E-state index < -0.39 is 15.9 Å². The molecule has 1 fully saturated rings. The smallest absolute Gasteiger partial charge is 0.262 e. The number of anilines is 2. The van der Waals surface area contributed by atoms with E-state index in [4.69, 9.17) is 0 Å². The predicted octanol–water partition coefficient (Wildman–Crippen LogP) is 5.73. The fourth-order valence-corrected chi connectivity index (χ4v) is 6.08. The second kappa shape index (κ2) is 11.2. The lowest BCUT2D eigenvalue weighted by Gasteiger charge is -2.23. The fourth-order valence-electron chi connectivity index (χ4n) is 4.77. The van der Waals surface area contributed by atoms with E-state index >= 15 is 0 Å². The molecule has 7 nitrogen and oxygen atoms in total. The lowest BCUT2D eigenvalue weighted by atomic mass is 9.95. The van der Waals surface area contributed by atoms with Crippen LogP contribution in [-0.4, -0.2) is 26.3 Å². The summed E-state index contributed by atoms with van der Waals surface area (Å²) in [7, 11) is -3.94. The standard InChI is InChI=1S/C29H33N3O4S/c1-19-15-20(2)17-24(16-19)32-37(35,36)27-18-22(14-13-21(27)3)28(33)31-26-12-8-7-11-25(26)29(34)30-23-9-5-4-6-10-23/h7-8,11-18,23,32H,4-6,9-10H2,1-3H3,(H,30,34)(H,31,33). The van der Waals surface area contributed by atoms with Crippen molar-refractivity contribution in [2.75, 3.05) is 10.0 Å². The van der Waals surface area contributed by atoms with Crippen LogP contribution in [0.2, 0.25) is 0 Å². The van der Waals surface area contributed by atoms with Crippen LogP contribution in [0.15, 0.2) is 65.6 Å². The van der Waals surface area contributed by atoms with Gasteiger partial charge in [-0.15, -0.1) is 0 Å². The molecule has 3 aromatic carbocycles. The minimum Gasteiger partial charge on any atom is -0.349 e. The van der Waals surface area contributed by atoms with Crippen molar-refractivity contribution in [1.82, 2.24) is 5.32 Å². The zero-order valence-corrected chi connectivity index (χ0v) is 22.2. The molecule has 0 saturated heterocycles. The third-order valence-electron chi connectivity index (χ3n) is 6.57. The minimum absolute atomic E-state index is 0.0163. The third-order valence-corrected chi connectivity index (χ3v) is 8.10. The first kappa shape index (κ1) is 26.4. The summed E-state index contributed by atoms with van der Waals surface area (Å²) in [4.78, 5) is 26.1.